The Kier molecular flexibility index (Phi) is 9.18. The summed E-state index contributed by atoms with van der Waals surface area (Å²) in [7, 11) is 4.48. The molecule has 0 unspecified atom stereocenters. The molecule has 0 heterocycles. The number of anilines is 1. The first kappa shape index (κ1) is 25.2. The number of ether oxygens (including phenoxy) is 5. The Morgan fingerprint density at radius 3 is 2.09 bits per heavy atom. The number of amides is 2. The van der Waals surface area contributed by atoms with Crippen LogP contribution in [-0.4, -0.2) is 52.9 Å². The largest absolute Gasteiger partial charge is 0.493 e. The first-order valence-corrected chi connectivity index (χ1v) is 10.8. The van der Waals surface area contributed by atoms with E-state index in [1.165, 1.54) is 21.3 Å². The van der Waals surface area contributed by atoms with Gasteiger partial charge in [-0.1, -0.05) is 30.3 Å². The normalized spacial score (nSPS) is 10.1. The van der Waals surface area contributed by atoms with E-state index in [2.05, 4.69) is 10.6 Å². The quantitative estimate of drug-likeness (QED) is 0.382. The van der Waals surface area contributed by atoms with Gasteiger partial charge in [-0.2, -0.15) is 0 Å². The lowest BCUT2D eigenvalue weighted by Gasteiger charge is -2.15. The van der Waals surface area contributed by atoms with Crippen LogP contribution in [0.2, 0.25) is 0 Å². The number of carbonyl (C=O) groups is 2. The molecule has 2 amide bonds. The topological polar surface area (TPSA) is 104 Å². The highest BCUT2D eigenvalue weighted by atomic mass is 16.5. The second kappa shape index (κ2) is 12.7. The van der Waals surface area contributed by atoms with Gasteiger partial charge >= 0.3 is 0 Å². The molecule has 2 N–H and O–H groups in total. The van der Waals surface area contributed by atoms with Crippen molar-refractivity contribution in [2.24, 2.45) is 0 Å². The number of methoxy groups -OCH3 is 3. The summed E-state index contributed by atoms with van der Waals surface area (Å²) < 4.78 is 27.1. The standard InChI is InChI=1S/C26H28N2O7/c1-31-22-15-18(16-23(32-2)25(22)33-3)28-26(30)20-11-7-8-12-21(20)35-17-24(29)27-13-14-34-19-9-5-4-6-10-19/h4-12,15-16H,13-14,17H2,1-3H3,(H,27,29)(H,28,30). The van der Waals surface area contributed by atoms with E-state index in [-0.39, 0.29) is 23.8 Å². The highest BCUT2D eigenvalue weighted by Crippen LogP contribution is 2.40. The second-order valence-corrected chi connectivity index (χ2v) is 7.16. The molecule has 0 atom stereocenters. The number of benzene rings is 3. The first-order valence-electron chi connectivity index (χ1n) is 10.8. The molecule has 35 heavy (non-hydrogen) atoms. The van der Waals surface area contributed by atoms with Crippen LogP contribution in [0.4, 0.5) is 5.69 Å². The summed E-state index contributed by atoms with van der Waals surface area (Å²) >= 11 is 0. The van der Waals surface area contributed by atoms with E-state index < -0.39 is 5.91 Å². The van der Waals surface area contributed by atoms with Crippen LogP contribution < -0.4 is 34.3 Å². The summed E-state index contributed by atoms with van der Waals surface area (Å²) in [4.78, 5) is 25.1. The van der Waals surface area contributed by atoms with Crippen LogP contribution in [-0.2, 0) is 4.79 Å². The van der Waals surface area contributed by atoms with Gasteiger partial charge in [0.2, 0.25) is 5.75 Å². The lowest BCUT2D eigenvalue weighted by Crippen LogP contribution is -2.32. The SMILES string of the molecule is COc1cc(NC(=O)c2ccccc2OCC(=O)NCCOc2ccccc2)cc(OC)c1OC. The van der Waals surface area contributed by atoms with E-state index in [4.69, 9.17) is 23.7 Å². The first-order chi connectivity index (χ1) is 17.0. The highest BCUT2D eigenvalue weighted by molar-refractivity contribution is 6.06. The number of para-hydroxylation sites is 2. The van der Waals surface area contributed by atoms with Gasteiger partial charge in [0.1, 0.15) is 18.1 Å². The van der Waals surface area contributed by atoms with E-state index in [1.54, 1.807) is 36.4 Å². The Balaban J connectivity index is 1.57. The predicted octanol–water partition coefficient (Wildman–Crippen LogP) is 3.54. The monoisotopic (exact) mass is 480 g/mol. The van der Waals surface area contributed by atoms with Gasteiger partial charge in [-0.25, -0.2) is 0 Å². The molecule has 0 saturated heterocycles. The van der Waals surface area contributed by atoms with Crippen molar-refractivity contribution in [1.82, 2.24) is 5.32 Å². The summed E-state index contributed by atoms with van der Waals surface area (Å²) in [6, 6.07) is 19.2. The lowest BCUT2D eigenvalue weighted by molar-refractivity contribution is -0.123. The van der Waals surface area contributed by atoms with Crippen LogP contribution in [0.15, 0.2) is 66.7 Å². The minimum absolute atomic E-state index is 0.250. The van der Waals surface area contributed by atoms with E-state index in [0.717, 1.165) is 5.75 Å². The third-order valence-corrected chi connectivity index (χ3v) is 4.85. The van der Waals surface area contributed by atoms with Crippen molar-refractivity contribution in [3.05, 3.63) is 72.3 Å². The van der Waals surface area contributed by atoms with Crippen molar-refractivity contribution in [3.8, 4) is 28.7 Å². The summed E-state index contributed by atoms with van der Waals surface area (Å²) in [6.07, 6.45) is 0. The van der Waals surface area contributed by atoms with Crippen molar-refractivity contribution >= 4 is 17.5 Å². The van der Waals surface area contributed by atoms with E-state index in [0.29, 0.717) is 36.1 Å². The van der Waals surface area contributed by atoms with E-state index >= 15 is 0 Å². The Labute approximate surface area is 203 Å². The Hall–Kier alpha value is -4.40. The van der Waals surface area contributed by atoms with Crippen molar-refractivity contribution < 1.29 is 33.3 Å². The van der Waals surface area contributed by atoms with Gasteiger partial charge in [-0.3, -0.25) is 9.59 Å². The summed E-state index contributed by atoms with van der Waals surface area (Å²) in [5.41, 5.74) is 0.705. The average molecular weight is 481 g/mol. The second-order valence-electron chi connectivity index (χ2n) is 7.16. The molecule has 0 spiro atoms. The van der Waals surface area contributed by atoms with Crippen molar-refractivity contribution in [2.75, 3.05) is 46.4 Å². The van der Waals surface area contributed by atoms with Gasteiger partial charge in [-0.05, 0) is 24.3 Å². The van der Waals surface area contributed by atoms with Crippen LogP contribution in [0.1, 0.15) is 10.4 Å². The van der Waals surface area contributed by atoms with Crippen LogP contribution >= 0.6 is 0 Å². The molecule has 9 heteroatoms. The maximum atomic E-state index is 13.0. The lowest BCUT2D eigenvalue weighted by atomic mass is 10.1. The molecule has 9 nitrogen and oxygen atoms in total. The molecule has 0 bridgehead atoms. The van der Waals surface area contributed by atoms with Crippen molar-refractivity contribution in [2.45, 2.75) is 0 Å². The fourth-order valence-corrected chi connectivity index (χ4v) is 3.20. The summed E-state index contributed by atoms with van der Waals surface area (Å²) in [5, 5.41) is 5.51. The molecule has 3 rings (SSSR count). The van der Waals surface area contributed by atoms with E-state index in [1.807, 2.05) is 30.3 Å². The molecule has 0 radical (unpaired) electrons. The number of nitrogens with one attached hydrogen (secondary N) is 2. The molecule has 3 aromatic carbocycles. The highest BCUT2D eigenvalue weighted by Gasteiger charge is 2.17. The minimum atomic E-state index is -0.424. The molecule has 0 aliphatic carbocycles. The Morgan fingerprint density at radius 2 is 1.43 bits per heavy atom. The molecule has 3 aromatic rings. The molecule has 0 fully saturated rings. The Morgan fingerprint density at radius 1 is 0.771 bits per heavy atom. The fourth-order valence-electron chi connectivity index (χ4n) is 3.20. The average Bonchev–Trinajstić information content (AvgIpc) is 2.90. The Bertz CT molecular complexity index is 1110. The predicted molar refractivity (Wildman–Crippen MR) is 131 cm³/mol. The number of carbonyl (C=O) groups excluding carboxylic acids is 2. The molecule has 0 saturated carbocycles. The van der Waals surface area contributed by atoms with Gasteiger partial charge in [-0.15, -0.1) is 0 Å². The fraction of sp³-hybridized carbons (Fsp3) is 0.231. The smallest absolute Gasteiger partial charge is 0.259 e. The zero-order valence-corrected chi connectivity index (χ0v) is 19.8. The third-order valence-electron chi connectivity index (χ3n) is 4.85. The van der Waals surface area contributed by atoms with Gasteiger partial charge in [0.15, 0.2) is 18.1 Å². The van der Waals surface area contributed by atoms with Gasteiger partial charge < -0.3 is 34.3 Å². The molecular weight excluding hydrogens is 452 g/mol. The maximum absolute atomic E-state index is 13.0. The van der Waals surface area contributed by atoms with Crippen LogP contribution in [0.25, 0.3) is 0 Å². The van der Waals surface area contributed by atoms with Crippen molar-refractivity contribution in [1.29, 1.82) is 0 Å². The zero-order valence-electron chi connectivity index (χ0n) is 19.8. The number of hydrogen-bond donors (Lipinski definition) is 2. The van der Waals surface area contributed by atoms with Gasteiger partial charge in [0.25, 0.3) is 11.8 Å². The third kappa shape index (κ3) is 7.04. The minimum Gasteiger partial charge on any atom is -0.493 e. The van der Waals surface area contributed by atoms with E-state index in [9.17, 15) is 9.59 Å². The van der Waals surface area contributed by atoms with Crippen LogP contribution in [0.5, 0.6) is 28.7 Å². The molecule has 0 aliphatic rings. The van der Waals surface area contributed by atoms with Gasteiger partial charge in [0, 0.05) is 17.8 Å². The summed E-state index contributed by atoms with van der Waals surface area (Å²) in [5.74, 6) is 1.46. The zero-order chi connectivity index (χ0) is 25.0. The number of rotatable bonds is 12. The molecule has 184 valence electrons. The molecule has 0 aliphatic heterocycles. The summed E-state index contributed by atoms with van der Waals surface area (Å²) in [6.45, 7) is 0.393. The molecule has 0 aromatic heterocycles. The van der Waals surface area contributed by atoms with Gasteiger partial charge in [0.05, 0.1) is 33.4 Å². The maximum Gasteiger partial charge on any atom is 0.259 e. The van der Waals surface area contributed by atoms with Crippen molar-refractivity contribution in [3.63, 3.8) is 0 Å². The van der Waals surface area contributed by atoms with Crippen LogP contribution in [0.3, 0.4) is 0 Å². The van der Waals surface area contributed by atoms with Crippen LogP contribution in [0, 0.1) is 0 Å². The number of hydrogen-bond acceptors (Lipinski definition) is 7. The molecular formula is C26H28N2O7.